The Morgan fingerprint density at radius 3 is 1.03 bits per heavy atom. The van der Waals surface area contributed by atoms with Gasteiger partial charge < -0.3 is 9.80 Å². The summed E-state index contributed by atoms with van der Waals surface area (Å²) in [4.78, 5) is 4.97. The van der Waals surface area contributed by atoms with E-state index >= 15 is 0 Å². The third-order valence-corrected chi connectivity index (χ3v) is 12.6. The van der Waals surface area contributed by atoms with Crippen molar-refractivity contribution < 1.29 is 0 Å². The first-order valence-electron chi connectivity index (χ1n) is 21.0. The summed E-state index contributed by atoms with van der Waals surface area (Å²) in [6.45, 7) is 13.4. The molecule has 2 heteroatoms. The molecular weight excluding hydrogens is 725 g/mol. The Labute approximate surface area is 354 Å². The first kappa shape index (κ1) is 37.1. The molecule has 0 spiro atoms. The summed E-state index contributed by atoms with van der Waals surface area (Å²) < 4.78 is 0. The van der Waals surface area contributed by atoms with E-state index < -0.39 is 0 Å². The molecule has 0 radical (unpaired) electrons. The van der Waals surface area contributed by atoms with Gasteiger partial charge in [-0.1, -0.05) is 133 Å². The van der Waals surface area contributed by atoms with E-state index in [0.29, 0.717) is 0 Å². The van der Waals surface area contributed by atoms with Crippen LogP contribution in [-0.2, 0) is 0 Å². The van der Waals surface area contributed by atoms with Crippen molar-refractivity contribution in [1.29, 1.82) is 0 Å². The molecule has 0 aliphatic rings. The largest absolute Gasteiger partial charge is 0.310 e. The monoisotopic (exact) mass is 772 g/mol. The van der Waals surface area contributed by atoms with E-state index in [-0.39, 0.29) is 0 Å². The van der Waals surface area contributed by atoms with E-state index in [1.165, 1.54) is 111 Å². The maximum atomic E-state index is 2.49. The van der Waals surface area contributed by atoms with Crippen LogP contribution in [0.15, 0.2) is 182 Å². The molecule has 0 saturated heterocycles. The molecule has 0 amide bonds. The summed E-state index contributed by atoms with van der Waals surface area (Å²) in [5.41, 5.74) is 19.4. The predicted octanol–water partition coefficient (Wildman–Crippen LogP) is 16.7. The molecule has 2 nitrogen and oxygen atoms in total. The second-order valence-corrected chi connectivity index (χ2v) is 16.5. The van der Waals surface area contributed by atoms with Crippen LogP contribution >= 0.6 is 0 Å². The number of anilines is 6. The van der Waals surface area contributed by atoms with Crippen LogP contribution in [0.4, 0.5) is 34.1 Å². The van der Waals surface area contributed by atoms with Crippen LogP contribution in [0.5, 0.6) is 0 Å². The number of hydrogen-bond acceptors (Lipinski definition) is 2. The summed E-state index contributed by atoms with van der Waals surface area (Å²) in [5.74, 6) is 0. The van der Waals surface area contributed by atoms with Crippen molar-refractivity contribution in [3.05, 3.63) is 215 Å². The highest BCUT2D eigenvalue weighted by atomic mass is 15.2. The van der Waals surface area contributed by atoms with Crippen molar-refractivity contribution in [2.45, 2.75) is 41.5 Å². The molecule has 290 valence electrons. The fourth-order valence-electron chi connectivity index (χ4n) is 9.47. The van der Waals surface area contributed by atoms with E-state index in [1.54, 1.807) is 0 Å². The lowest BCUT2D eigenvalue weighted by molar-refractivity contribution is 1.25. The Hall–Kier alpha value is -7.16. The highest BCUT2D eigenvalue weighted by molar-refractivity contribution is 6.29. The smallest absolute Gasteiger partial charge is 0.0543 e. The van der Waals surface area contributed by atoms with Crippen molar-refractivity contribution in [2.24, 2.45) is 0 Å². The van der Waals surface area contributed by atoms with Gasteiger partial charge >= 0.3 is 0 Å². The summed E-state index contributed by atoms with van der Waals surface area (Å²) in [7, 11) is 0. The SMILES string of the molecule is Cc1ccccc1-c1ccc(C)c(N(c2ccccc2)c2cc(C)c3ccc4c(N(c5ccccc5)c5cc(-c6ccccc6C)ccc5C)cc(C)c5ccc2c3c54)c1. The highest BCUT2D eigenvalue weighted by Crippen LogP contribution is 2.50. The topological polar surface area (TPSA) is 6.48 Å². The minimum atomic E-state index is 1.13. The molecule has 0 heterocycles. The van der Waals surface area contributed by atoms with Gasteiger partial charge in [-0.25, -0.2) is 0 Å². The van der Waals surface area contributed by atoms with Gasteiger partial charge in [0.15, 0.2) is 0 Å². The lowest BCUT2D eigenvalue weighted by atomic mass is 9.88. The van der Waals surface area contributed by atoms with E-state index in [4.69, 9.17) is 0 Å². The average Bonchev–Trinajstić information content (AvgIpc) is 3.27. The Balaban J connectivity index is 1.25. The second-order valence-electron chi connectivity index (χ2n) is 16.5. The van der Waals surface area contributed by atoms with Crippen molar-refractivity contribution in [2.75, 3.05) is 9.80 Å². The molecule has 10 aromatic carbocycles. The summed E-state index contributed by atoms with van der Waals surface area (Å²) >= 11 is 0. The molecule has 0 aliphatic carbocycles. The number of benzene rings is 10. The molecule has 0 saturated carbocycles. The van der Waals surface area contributed by atoms with E-state index in [9.17, 15) is 0 Å². The van der Waals surface area contributed by atoms with Gasteiger partial charge in [-0.3, -0.25) is 0 Å². The lowest BCUT2D eigenvalue weighted by Crippen LogP contribution is -2.13. The third kappa shape index (κ3) is 6.19. The Bertz CT molecular complexity index is 3000. The van der Waals surface area contributed by atoms with Crippen LogP contribution in [0.25, 0.3) is 54.6 Å². The Morgan fingerprint density at radius 2 is 0.633 bits per heavy atom. The second kappa shape index (κ2) is 14.9. The molecule has 0 N–H and O–H groups in total. The van der Waals surface area contributed by atoms with E-state index in [0.717, 1.165) is 11.4 Å². The van der Waals surface area contributed by atoms with E-state index in [2.05, 4.69) is 233 Å². The highest BCUT2D eigenvalue weighted by Gasteiger charge is 2.25. The molecule has 0 unspecified atom stereocenters. The van der Waals surface area contributed by atoms with Gasteiger partial charge in [0.25, 0.3) is 0 Å². The molecule has 0 aliphatic heterocycles. The van der Waals surface area contributed by atoms with E-state index in [1.807, 2.05) is 0 Å². The third-order valence-electron chi connectivity index (χ3n) is 12.6. The fourth-order valence-corrected chi connectivity index (χ4v) is 9.47. The normalized spacial score (nSPS) is 11.5. The maximum Gasteiger partial charge on any atom is 0.0543 e. The summed E-state index contributed by atoms with van der Waals surface area (Å²) in [6, 6.07) is 67.2. The molecule has 60 heavy (non-hydrogen) atoms. The van der Waals surface area contributed by atoms with Gasteiger partial charge in [-0.15, -0.1) is 0 Å². The fraction of sp³-hybridized carbons (Fsp3) is 0.103. The van der Waals surface area contributed by atoms with Gasteiger partial charge in [0, 0.05) is 33.5 Å². The van der Waals surface area contributed by atoms with Crippen LogP contribution in [-0.4, -0.2) is 0 Å². The number of rotatable bonds is 8. The number of aryl methyl sites for hydroxylation is 6. The summed E-state index contributed by atoms with van der Waals surface area (Å²) in [5, 5.41) is 7.64. The van der Waals surface area contributed by atoms with Crippen molar-refractivity contribution in [1.82, 2.24) is 0 Å². The van der Waals surface area contributed by atoms with Crippen LogP contribution < -0.4 is 9.80 Å². The molecule has 0 bridgehead atoms. The zero-order valence-corrected chi connectivity index (χ0v) is 35.2. The van der Waals surface area contributed by atoms with Gasteiger partial charge in [-0.2, -0.15) is 0 Å². The lowest BCUT2D eigenvalue weighted by Gasteiger charge is -2.32. The number of hydrogen-bond donors (Lipinski definition) is 0. The molecule has 0 aromatic heterocycles. The van der Waals surface area contributed by atoms with Crippen molar-refractivity contribution >= 4 is 66.4 Å². The minimum Gasteiger partial charge on any atom is -0.310 e. The molecule has 10 rings (SSSR count). The van der Waals surface area contributed by atoms with Crippen LogP contribution in [0.2, 0.25) is 0 Å². The Morgan fingerprint density at radius 1 is 0.267 bits per heavy atom. The molecule has 0 fully saturated rings. The number of nitrogens with zero attached hydrogens (tertiary/aromatic N) is 2. The Kier molecular flexibility index (Phi) is 9.22. The van der Waals surface area contributed by atoms with Crippen molar-refractivity contribution in [3.8, 4) is 22.3 Å². The average molecular weight is 773 g/mol. The molecule has 0 atom stereocenters. The standard InChI is InChI=1S/C58H48N2/c1-37-17-13-15-23-47(37)43-27-25-39(3)53(35-43)59(45-19-9-7-10-20-45)55-33-41(5)49-30-32-52-56(34-42(6)50-29-31-51(55)57(49)58(50)52)60(46-21-11-8-12-22-46)54-36-44(28-26-40(54)4)48-24-16-14-18-38(48)2/h7-36H,1-6H3. The summed E-state index contributed by atoms with van der Waals surface area (Å²) in [6.07, 6.45) is 0. The van der Waals surface area contributed by atoms with Crippen molar-refractivity contribution in [3.63, 3.8) is 0 Å². The number of para-hydroxylation sites is 2. The van der Waals surface area contributed by atoms with Crippen LogP contribution in [0.3, 0.4) is 0 Å². The minimum absolute atomic E-state index is 1.13. The molecule has 10 aromatic rings. The van der Waals surface area contributed by atoms with Crippen LogP contribution in [0, 0.1) is 41.5 Å². The predicted molar refractivity (Wildman–Crippen MR) is 259 cm³/mol. The van der Waals surface area contributed by atoms with Gasteiger partial charge in [0.05, 0.1) is 11.4 Å². The first-order chi connectivity index (χ1) is 29.3. The quantitative estimate of drug-likeness (QED) is 0.142. The maximum absolute atomic E-state index is 2.49. The van der Waals surface area contributed by atoms with Gasteiger partial charge in [-0.05, 0) is 167 Å². The van der Waals surface area contributed by atoms with Crippen LogP contribution in [0.1, 0.15) is 33.4 Å². The molecular formula is C58H48N2. The van der Waals surface area contributed by atoms with Gasteiger partial charge in [0.2, 0.25) is 0 Å². The zero-order chi connectivity index (χ0) is 41.1. The van der Waals surface area contributed by atoms with Gasteiger partial charge in [0.1, 0.15) is 0 Å². The zero-order valence-electron chi connectivity index (χ0n) is 35.2. The first-order valence-corrected chi connectivity index (χ1v) is 21.0.